The van der Waals surface area contributed by atoms with Crippen molar-refractivity contribution >= 4 is 11.6 Å². The largest absolute Gasteiger partial charge is 0.416 e. The third kappa shape index (κ3) is 5.41. The fourth-order valence-electron chi connectivity index (χ4n) is 3.63. The van der Waals surface area contributed by atoms with Gasteiger partial charge in [0.05, 0.1) is 23.4 Å². The first-order chi connectivity index (χ1) is 16.2. The predicted octanol–water partition coefficient (Wildman–Crippen LogP) is 5.82. The Morgan fingerprint density at radius 2 is 1.65 bits per heavy atom. The Morgan fingerprint density at radius 1 is 0.971 bits per heavy atom. The molecule has 0 aliphatic carbocycles. The van der Waals surface area contributed by atoms with Gasteiger partial charge >= 0.3 is 6.18 Å². The van der Waals surface area contributed by atoms with E-state index < -0.39 is 35.4 Å². The summed E-state index contributed by atoms with van der Waals surface area (Å²) in [4.78, 5) is 19.9. The van der Waals surface area contributed by atoms with Gasteiger partial charge in [-0.1, -0.05) is 41.6 Å². The molecule has 9 heteroatoms. The fraction of sp³-hybridized carbons (Fsp3) is 0.200. The van der Waals surface area contributed by atoms with Gasteiger partial charge in [-0.3, -0.25) is 4.79 Å². The van der Waals surface area contributed by atoms with Crippen LogP contribution < -0.4 is 0 Å². The molecule has 4 rings (SSSR count). The number of benzene rings is 3. The summed E-state index contributed by atoms with van der Waals surface area (Å²) < 4.78 is 66.2. The van der Waals surface area contributed by atoms with Crippen molar-refractivity contribution in [2.45, 2.75) is 25.2 Å². The summed E-state index contributed by atoms with van der Waals surface area (Å²) in [7, 11) is 0. The number of rotatable bonds is 6. The zero-order chi connectivity index (χ0) is 24.3. The van der Waals surface area contributed by atoms with Gasteiger partial charge in [-0.15, -0.1) is 0 Å². The summed E-state index contributed by atoms with van der Waals surface area (Å²) in [5.41, 5.74) is 0.707. The zero-order valence-electron chi connectivity index (χ0n) is 17.7. The average molecular weight is 474 g/mol. The molecule has 0 N–H and O–H groups in total. The van der Waals surface area contributed by atoms with Crippen LogP contribution in [-0.2, 0) is 17.6 Å². The third-order valence-corrected chi connectivity index (χ3v) is 5.38. The van der Waals surface area contributed by atoms with Gasteiger partial charge in [0.1, 0.15) is 11.6 Å². The van der Waals surface area contributed by atoms with E-state index in [2.05, 4.69) is 5.16 Å². The van der Waals surface area contributed by atoms with Gasteiger partial charge in [0.25, 0.3) is 5.91 Å². The lowest BCUT2D eigenvalue weighted by atomic mass is 10.0. The van der Waals surface area contributed by atoms with E-state index in [9.17, 15) is 26.7 Å². The quantitative estimate of drug-likeness (QED) is 0.423. The molecule has 1 atom stereocenters. The lowest BCUT2D eigenvalue weighted by Gasteiger charge is -2.25. The molecule has 0 aromatic heterocycles. The van der Waals surface area contributed by atoms with Crippen LogP contribution in [0.5, 0.6) is 0 Å². The van der Waals surface area contributed by atoms with Crippen LogP contribution in [0.2, 0.25) is 0 Å². The molecule has 1 amide bonds. The molecule has 34 heavy (non-hydrogen) atoms. The first-order valence-electron chi connectivity index (χ1n) is 10.4. The number of hydrogen-bond donors (Lipinski definition) is 0. The Balaban J connectivity index is 1.53. The molecule has 176 valence electrons. The lowest BCUT2D eigenvalue weighted by molar-refractivity contribution is -0.137. The Bertz CT molecular complexity index is 1190. The summed E-state index contributed by atoms with van der Waals surface area (Å²) in [5.74, 6) is -1.73. The van der Waals surface area contributed by atoms with Crippen LogP contribution in [0.4, 0.5) is 22.0 Å². The monoisotopic (exact) mass is 474 g/mol. The Labute approximate surface area is 192 Å². The second-order valence-corrected chi connectivity index (χ2v) is 7.84. The van der Waals surface area contributed by atoms with Crippen molar-refractivity contribution in [2.75, 3.05) is 6.54 Å². The van der Waals surface area contributed by atoms with E-state index in [1.54, 1.807) is 12.1 Å². The number of halogens is 5. The van der Waals surface area contributed by atoms with E-state index in [-0.39, 0.29) is 18.7 Å². The highest BCUT2D eigenvalue weighted by Gasteiger charge is 2.31. The molecule has 1 aliphatic heterocycles. The van der Waals surface area contributed by atoms with Crippen molar-refractivity contribution in [3.63, 3.8) is 0 Å². The molecule has 0 saturated heterocycles. The summed E-state index contributed by atoms with van der Waals surface area (Å²) in [5, 5.41) is 4.02. The SMILES string of the molecule is O=C(c1ccccc1F)N(Cc1ccc(C(F)(F)F)cc1)C[C@@H]1CC(c2ccc(F)cc2)=NO1. The minimum absolute atomic E-state index is 0.0163. The molecule has 1 aliphatic rings. The van der Waals surface area contributed by atoms with Crippen LogP contribution >= 0.6 is 0 Å². The molecule has 4 nitrogen and oxygen atoms in total. The van der Waals surface area contributed by atoms with Gasteiger partial charge in [0.2, 0.25) is 0 Å². The Morgan fingerprint density at radius 3 is 2.29 bits per heavy atom. The topological polar surface area (TPSA) is 41.9 Å². The Hall–Kier alpha value is -3.75. The van der Waals surface area contributed by atoms with E-state index in [0.29, 0.717) is 23.3 Å². The molecule has 3 aromatic carbocycles. The highest BCUT2D eigenvalue weighted by atomic mass is 19.4. The van der Waals surface area contributed by atoms with Crippen LogP contribution in [0.15, 0.2) is 78.0 Å². The van der Waals surface area contributed by atoms with E-state index in [1.807, 2.05) is 0 Å². The standard InChI is InChI=1S/C25H19F5N2O2/c26-19-11-7-17(8-12-19)23-13-20(34-31-23)15-32(24(33)21-3-1-2-4-22(21)27)14-16-5-9-18(10-6-16)25(28,29)30/h1-12,20H,13-15H2/t20-/m0/s1. The third-order valence-electron chi connectivity index (χ3n) is 5.38. The van der Waals surface area contributed by atoms with Crippen molar-refractivity contribution in [2.24, 2.45) is 5.16 Å². The number of carbonyl (C=O) groups excluding carboxylic acids is 1. The van der Waals surface area contributed by atoms with Crippen LogP contribution in [0.25, 0.3) is 0 Å². The van der Waals surface area contributed by atoms with Gasteiger partial charge in [0.15, 0.2) is 6.10 Å². The number of nitrogens with zero attached hydrogens (tertiary/aromatic N) is 2. The van der Waals surface area contributed by atoms with E-state index in [1.165, 1.54) is 47.4 Å². The van der Waals surface area contributed by atoms with Gasteiger partial charge < -0.3 is 9.74 Å². The molecule has 3 aromatic rings. The molecule has 0 bridgehead atoms. The minimum atomic E-state index is -4.48. The number of amides is 1. The second-order valence-electron chi connectivity index (χ2n) is 7.84. The number of carbonyl (C=O) groups is 1. The van der Waals surface area contributed by atoms with Crippen molar-refractivity contribution in [3.05, 3.63) is 107 Å². The maximum absolute atomic E-state index is 14.3. The van der Waals surface area contributed by atoms with Gasteiger partial charge in [-0.25, -0.2) is 8.78 Å². The maximum atomic E-state index is 14.3. The van der Waals surface area contributed by atoms with Crippen molar-refractivity contribution in [1.29, 1.82) is 0 Å². The summed E-state index contributed by atoms with van der Waals surface area (Å²) in [6.07, 6.45) is -4.72. The van der Waals surface area contributed by atoms with Gasteiger partial charge in [-0.05, 0) is 47.5 Å². The zero-order valence-corrected chi connectivity index (χ0v) is 17.7. The average Bonchev–Trinajstić information content (AvgIpc) is 3.27. The molecular weight excluding hydrogens is 455 g/mol. The number of alkyl halides is 3. The molecule has 0 fully saturated rings. The van der Waals surface area contributed by atoms with Crippen LogP contribution in [0.3, 0.4) is 0 Å². The van der Waals surface area contributed by atoms with Crippen molar-refractivity contribution < 1.29 is 31.6 Å². The number of oxime groups is 1. The molecule has 0 spiro atoms. The van der Waals surface area contributed by atoms with Gasteiger partial charge in [0, 0.05) is 13.0 Å². The summed E-state index contributed by atoms with van der Waals surface area (Å²) in [6.45, 7) is -0.0422. The van der Waals surface area contributed by atoms with Gasteiger partial charge in [-0.2, -0.15) is 13.2 Å². The van der Waals surface area contributed by atoms with E-state index in [4.69, 9.17) is 4.84 Å². The summed E-state index contributed by atoms with van der Waals surface area (Å²) in [6, 6.07) is 15.6. The van der Waals surface area contributed by atoms with Crippen LogP contribution in [0.1, 0.15) is 33.5 Å². The normalized spacial score (nSPS) is 15.6. The Kier molecular flexibility index (Phi) is 6.63. The van der Waals surface area contributed by atoms with Crippen molar-refractivity contribution in [1.82, 2.24) is 4.90 Å². The van der Waals surface area contributed by atoms with Crippen LogP contribution in [0, 0.1) is 11.6 Å². The molecular formula is C25H19F5N2O2. The van der Waals surface area contributed by atoms with Crippen LogP contribution in [-0.4, -0.2) is 29.2 Å². The first-order valence-corrected chi connectivity index (χ1v) is 10.4. The lowest BCUT2D eigenvalue weighted by Crippen LogP contribution is -2.37. The predicted molar refractivity (Wildman–Crippen MR) is 115 cm³/mol. The summed E-state index contributed by atoms with van der Waals surface area (Å²) >= 11 is 0. The fourth-order valence-corrected chi connectivity index (χ4v) is 3.63. The van der Waals surface area contributed by atoms with Crippen molar-refractivity contribution in [3.8, 4) is 0 Å². The molecule has 0 radical (unpaired) electrons. The molecule has 0 unspecified atom stereocenters. The first kappa shape index (κ1) is 23.4. The van der Waals surface area contributed by atoms with E-state index >= 15 is 0 Å². The smallest absolute Gasteiger partial charge is 0.390 e. The highest BCUT2D eigenvalue weighted by molar-refractivity contribution is 6.01. The maximum Gasteiger partial charge on any atom is 0.416 e. The second kappa shape index (κ2) is 9.62. The molecule has 1 heterocycles. The minimum Gasteiger partial charge on any atom is -0.390 e. The van der Waals surface area contributed by atoms with E-state index in [0.717, 1.165) is 18.2 Å². The number of hydrogen-bond acceptors (Lipinski definition) is 3. The molecule has 0 saturated carbocycles. The highest BCUT2D eigenvalue weighted by Crippen LogP contribution is 2.29.